The van der Waals surface area contributed by atoms with Gasteiger partial charge in [-0.3, -0.25) is 0 Å². The Morgan fingerprint density at radius 1 is 0.778 bits per heavy atom. The van der Waals surface area contributed by atoms with Crippen LogP contribution in [-0.4, -0.2) is 5.11 Å². The molecule has 0 radical (unpaired) electrons. The lowest BCUT2D eigenvalue weighted by Gasteiger charge is -2.04. The van der Waals surface area contributed by atoms with Gasteiger partial charge in [-0.1, -0.05) is 42.0 Å². The Bertz CT molecular complexity index is 554. The number of phenolic OH excluding ortho intramolecular Hbond substituents is 1. The highest BCUT2D eigenvalue weighted by atomic mass is 16.3. The lowest BCUT2D eigenvalue weighted by Crippen LogP contribution is -1.83. The summed E-state index contributed by atoms with van der Waals surface area (Å²) < 4.78 is 0. The maximum Gasteiger partial charge on any atom is 0.121 e. The third-order valence-corrected chi connectivity index (χ3v) is 3.06. The topological polar surface area (TPSA) is 20.2 Å². The zero-order valence-electron chi connectivity index (χ0n) is 11.1. The summed E-state index contributed by atoms with van der Waals surface area (Å²) in [6, 6.07) is 12.4. The van der Waals surface area contributed by atoms with Gasteiger partial charge in [0.25, 0.3) is 0 Å². The van der Waals surface area contributed by atoms with E-state index in [0.717, 1.165) is 16.7 Å². The molecule has 2 aromatic carbocycles. The highest BCUT2D eigenvalue weighted by molar-refractivity contribution is 5.71. The number of hydrogen-bond donors (Lipinski definition) is 1. The number of hydrogen-bond acceptors (Lipinski definition) is 1. The molecule has 2 rings (SSSR count). The first-order valence-corrected chi connectivity index (χ1v) is 6.11. The maximum atomic E-state index is 9.72. The van der Waals surface area contributed by atoms with Crippen LogP contribution in [0, 0.1) is 20.8 Å². The monoisotopic (exact) mass is 238 g/mol. The first kappa shape index (κ1) is 12.4. The summed E-state index contributed by atoms with van der Waals surface area (Å²) in [5, 5.41) is 9.72. The number of benzene rings is 2. The van der Waals surface area contributed by atoms with Crippen LogP contribution < -0.4 is 0 Å². The summed E-state index contributed by atoms with van der Waals surface area (Å²) in [5.41, 5.74) is 5.40. The third kappa shape index (κ3) is 2.80. The van der Waals surface area contributed by atoms with Crippen LogP contribution in [0.25, 0.3) is 12.2 Å². The Labute approximate surface area is 108 Å². The van der Waals surface area contributed by atoms with Crippen LogP contribution in [0.2, 0.25) is 0 Å². The van der Waals surface area contributed by atoms with Crippen molar-refractivity contribution in [3.8, 4) is 5.75 Å². The summed E-state index contributed by atoms with van der Waals surface area (Å²) in [7, 11) is 0. The average Bonchev–Trinajstić information content (AvgIpc) is 2.35. The molecule has 0 aliphatic carbocycles. The predicted octanol–water partition coefficient (Wildman–Crippen LogP) is 4.49. The molecule has 0 bridgehead atoms. The Hall–Kier alpha value is -2.02. The van der Waals surface area contributed by atoms with E-state index in [1.807, 2.05) is 26.0 Å². The lowest BCUT2D eigenvalue weighted by molar-refractivity contribution is 0.467. The normalized spacial score (nSPS) is 11.1. The molecule has 18 heavy (non-hydrogen) atoms. The number of aryl methyl sites for hydroxylation is 3. The van der Waals surface area contributed by atoms with Gasteiger partial charge in [0, 0.05) is 0 Å². The largest absolute Gasteiger partial charge is 0.507 e. The predicted molar refractivity (Wildman–Crippen MR) is 77.7 cm³/mol. The molecule has 0 heterocycles. The van der Waals surface area contributed by atoms with Crippen LogP contribution in [0.15, 0.2) is 36.4 Å². The quantitative estimate of drug-likeness (QED) is 0.764. The second-order valence-electron chi connectivity index (χ2n) is 4.75. The van der Waals surface area contributed by atoms with Crippen LogP contribution >= 0.6 is 0 Å². The fraction of sp³-hybridized carbons (Fsp3) is 0.176. The van der Waals surface area contributed by atoms with Crippen molar-refractivity contribution in [2.45, 2.75) is 20.8 Å². The Balaban J connectivity index is 2.26. The number of aromatic hydroxyl groups is 1. The second-order valence-corrected chi connectivity index (χ2v) is 4.75. The summed E-state index contributed by atoms with van der Waals surface area (Å²) in [4.78, 5) is 0. The lowest BCUT2D eigenvalue weighted by atomic mass is 10.0. The van der Waals surface area contributed by atoms with Crippen molar-refractivity contribution in [3.63, 3.8) is 0 Å². The van der Waals surface area contributed by atoms with Crippen molar-refractivity contribution in [2.24, 2.45) is 0 Å². The van der Waals surface area contributed by atoms with E-state index in [9.17, 15) is 5.11 Å². The van der Waals surface area contributed by atoms with E-state index in [4.69, 9.17) is 0 Å². The summed E-state index contributed by atoms with van der Waals surface area (Å²) in [6.07, 6.45) is 4.16. The highest BCUT2D eigenvalue weighted by Gasteiger charge is 2.01. The molecule has 0 fully saturated rings. The summed E-state index contributed by atoms with van der Waals surface area (Å²) in [6.45, 7) is 5.93. The third-order valence-electron chi connectivity index (χ3n) is 3.06. The number of rotatable bonds is 2. The van der Waals surface area contributed by atoms with E-state index >= 15 is 0 Å². The smallest absolute Gasteiger partial charge is 0.121 e. The summed E-state index contributed by atoms with van der Waals surface area (Å²) >= 11 is 0. The molecule has 0 amide bonds. The van der Waals surface area contributed by atoms with E-state index in [1.54, 1.807) is 0 Å². The molecule has 0 aliphatic rings. The molecule has 2 aromatic rings. The Morgan fingerprint density at radius 2 is 1.28 bits per heavy atom. The highest BCUT2D eigenvalue weighted by Crippen LogP contribution is 2.23. The van der Waals surface area contributed by atoms with Gasteiger partial charge in [0.2, 0.25) is 0 Å². The molecule has 1 N–H and O–H groups in total. The minimum absolute atomic E-state index is 0.391. The Kier molecular flexibility index (Phi) is 3.52. The first-order valence-electron chi connectivity index (χ1n) is 6.11. The van der Waals surface area contributed by atoms with Gasteiger partial charge in [0.1, 0.15) is 5.75 Å². The molecule has 0 aromatic heterocycles. The van der Waals surface area contributed by atoms with Gasteiger partial charge < -0.3 is 5.11 Å². The van der Waals surface area contributed by atoms with E-state index in [-0.39, 0.29) is 0 Å². The van der Waals surface area contributed by atoms with Gasteiger partial charge in [-0.15, -0.1) is 0 Å². The summed E-state index contributed by atoms with van der Waals surface area (Å²) in [5.74, 6) is 0.391. The van der Waals surface area contributed by atoms with Crippen molar-refractivity contribution in [1.29, 1.82) is 0 Å². The molecule has 0 unspecified atom stereocenters. The van der Waals surface area contributed by atoms with Gasteiger partial charge in [-0.25, -0.2) is 0 Å². The maximum absolute atomic E-state index is 9.72. The molecular weight excluding hydrogens is 220 g/mol. The molecule has 92 valence electrons. The average molecular weight is 238 g/mol. The molecular formula is C17H18O. The van der Waals surface area contributed by atoms with E-state index in [2.05, 4.69) is 43.3 Å². The molecule has 0 atom stereocenters. The van der Waals surface area contributed by atoms with Gasteiger partial charge in [-0.2, -0.15) is 0 Å². The van der Waals surface area contributed by atoms with Crippen molar-refractivity contribution < 1.29 is 5.11 Å². The first-order chi connectivity index (χ1) is 8.56. The van der Waals surface area contributed by atoms with Crippen molar-refractivity contribution in [3.05, 3.63) is 64.2 Å². The molecule has 1 nitrogen and oxygen atoms in total. The number of phenols is 1. The van der Waals surface area contributed by atoms with Gasteiger partial charge in [0.15, 0.2) is 0 Å². The minimum atomic E-state index is 0.391. The van der Waals surface area contributed by atoms with Crippen molar-refractivity contribution in [2.75, 3.05) is 0 Å². The van der Waals surface area contributed by atoms with Crippen LogP contribution in [0.3, 0.4) is 0 Å². The fourth-order valence-corrected chi connectivity index (χ4v) is 1.96. The van der Waals surface area contributed by atoms with Crippen LogP contribution in [0.1, 0.15) is 27.8 Å². The second kappa shape index (κ2) is 5.09. The van der Waals surface area contributed by atoms with Gasteiger partial charge in [0.05, 0.1) is 0 Å². The molecule has 0 spiro atoms. The Morgan fingerprint density at radius 3 is 1.83 bits per heavy atom. The van der Waals surface area contributed by atoms with Gasteiger partial charge in [-0.05, 0) is 55.2 Å². The van der Waals surface area contributed by atoms with E-state index < -0.39 is 0 Å². The van der Waals surface area contributed by atoms with E-state index in [0.29, 0.717) is 5.75 Å². The van der Waals surface area contributed by atoms with Gasteiger partial charge >= 0.3 is 0 Å². The minimum Gasteiger partial charge on any atom is -0.507 e. The van der Waals surface area contributed by atoms with Crippen molar-refractivity contribution in [1.82, 2.24) is 0 Å². The van der Waals surface area contributed by atoms with Crippen LogP contribution in [0.5, 0.6) is 5.75 Å². The fourth-order valence-electron chi connectivity index (χ4n) is 1.96. The molecule has 1 heteroatoms. The van der Waals surface area contributed by atoms with E-state index in [1.165, 1.54) is 11.1 Å². The molecule has 0 aliphatic heterocycles. The van der Waals surface area contributed by atoms with Crippen LogP contribution in [-0.2, 0) is 0 Å². The zero-order chi connectivity index (χ0) is 13.1. The standard InChI is InChI=1S/C17H18O/c1-12-4-6-15(7-5-12)8-9-16-10-13(2)17(18)14(3)11-16/h4-11,18H,1-3H3/b9-8+. The van der Waals surface area contributed by atoms with Crippen LogP contribution in [0.4, 0.5) is 0 Å². The molecule has 0 saturated heterocycles. The molecule has 0 saturated carbocycles. The van der Waals surface area contributed by atoms with Crippen molar-refractivity contribution >= 4 is 12.2 Å². The SMILES string of the molecule is Cc1ccc(/C=C/c2cc(C)c(O)c(C)c2)cc1. The zero-order valence-corrected chi connectivity index (χ0v) is 11.1.